The largest absolute Gasteiger partial charge is 0.508 e. The third kappa shape index (κ3) is 4.61. The van der Waals surface area contributed by atoms with Crippen LogP contribution >= 0.6 is 12.6 Å². The summed E-state index contributed by atoms with van der Waals surface area (Å²) in [4.78, 5) is 29.7. The van der Waals surface area contributed by atoms with Crippen molar-refractivity contribution in [1.29, 1.82) is 0 Å². The van der Waals surface area contributed by atoms with E-state index in [-0.39, 0.29) is 17.0 Å². The Labute approximate surface area is 176 Å². The van der Waals surface area contributed by atoms with Crippen LogP contribution in [-0.2, 0) is 0 Å². The van der Waals surface area contributed by atoms with E-state index in [0.717, 1.165) is 11.0 Å². The van der Waals surface area contributed by atoms with Crippen molar-refractivity contribution in [3.63, 3.8) is 0 Å². The zero-order valence-corrected chi connectivity index (χ0v) is 16.6. The summed E-state index contributed by atoms with van der Waals surface area (Å²) in [5.41, 5.74) is -0.831. The summed E-state index contributed by atoms with van der Waals surface area (Å²) in [5.74, 6) is -2.52. The Balaban J connectivity index is 2.01. The van der Waals surface area contributed by atoms with Crippen LogP contribution in [0.5, 0.6) is 17.4 Å². The second kappa shape index (κ2) is 8.71. The molecule has 152 valence electrons. The highest BCUT2D eigenvalue weighted by Gasteiger charge is 2.25. The van der Waals surface area contributed by atoms with Crippen LogP contribution in [0.1, 0.15) is 28.4 Å². The highest BCUT2D eigenvalue weighted by molar-refractivity contribution is 7.80. The molecule has 3 rings (SSSR count). The molecule has 0 unspecified atom stereocenters. The summed E-state index contributed by atoms with van der Waals surface area (Å²) >= 11 is 4.18. The molecular weight excluding hydrogens is 406 g/mol. The maximum absolute atomic E-state index is 12.5. The molecule has 0 aliphatic carbocycles. The normalized spacial score (nSPS) is 11.7. The van der Waals surface area contributed by atoms with Gasteiger partial charge in [0.05, 0.1) is 11.4 Å². The Morgan fingerprint density at radius 3 is 2.43 bits per heavy atom. The number of benzene rings is 2. The molecule has 0 aliphatic rings. The highest BCUT2D eigenvalue weighted by atomic mass is 32.1. The van der Waals surface area contributed by atoms with Crippen molar-refractivity contribution in [3.05, 3.63) is 81.7 Å². The van der Waals surface area contributed by atoms with Gasteiger partial charge in [0.2, 0.25) is 0 Å². The summed E-state index contributed by atoms with van der Waals surface area (Å²) in [7, 11) is 0. The first kappa shape index (κ1) is 20.9. The van der Waals surface area contributed by atoms with Crippen molar-refractivity contribution in [1.82, 2.24) is 0 Å². The fraction of sp³-hybridized carbons (Fsp3) is 0.0455. The predicted molar refractivity (Wildman–Crippen MR) is 115 cm³/mol. The van der Waals surface area contributed by atoms with E-state index in [1.54, 1.807) is 36.4 Å². The number of phenols is 1. The van der Waals surface area contributed by atoms with E-state index in [9.17, 15) is 24.9 Å². The molecule has 0 atom stereocenters. The Kier molecular flexibility index (Phi) is 6.08. The highest BCUT2D eigenvalue weighted by Crippen LogP contribution is 2.30. The maximum Gasteiger partial charge on any atom is 0.351 e. The van der Waals surface area contributed by atoms with E-state index in [0.29, 0.717) is 11.3 Å². The molecule has 7 nitrogen and oxygen atoms in total. The third-order valence-electron chi connectivity index (χ3n) is 4.13. The first-order chi connectivity index (χ1) is 14.3. The van der Waals surface area contributed by atoms with Gasteiger partial charge in [-0.1, -0.05) is 18.2 Å². The van der Waals surface area contributed by atoms with Crippen LogP contribution in [0.15, 0.2) is 73.7 Å². The first-order valence-electron chi connectivity index (χ1n) is 8.71. The minimum absolute atomic E-state index is 0.0149. The fourth-order valence-corrected chi connectivity index (χ4v) is 2.86. The van der Waals surface area contributed by atoms with Gasteiger partial charge in [-0.2, -0.15) is 0 Å². The summed E-state index contributed by atoms with van der Waals surface area (Å²) in [6.07, 6.45) is 2.46. The summed E-state index contributed by atoms with van der Waals surface area (Å²) < 4.78 is 4.74. The van der Waals surface area contributed by atoms with Gasteiger partial charge in [-0.25, -0.2) is 4.79 Å². The van der Waals surface area contributed by atoms with Gasteiger partial charge < -0.3 is 19.7 Å². The van der Waals surface area contributed by atoms with E-state index in [2.05, 4.69) is 17.6 Å². The topological polar surface area (TPSA) is 120 Å². The van der Waals surface area contributed by atoms with Crippen LogP contribution in [0.3, 0.4) is 0 Å². The molecule has 0 saturated heterocycles. The van der Waals surface area contributed by atoms with Crippen LogP contribution in [0.2, 0.25) is 0 Å². The van der Waals surface area contributed by atoms with E-state index >= 15 is 0 Å². The van der Waals surface area contributed by atoms with Gasteiger partial charge in [-0.05, 0) is 55.0 Å². The number of carbonyl (C=O) groups is 1. The van der Waals surface area contributed by atoms with Crippen molar-refractivity contribution in [2.24, 2.45) is 4.99 Å². The molecule has 0 fully saturated rings. The van der Waals surface area contributed by atoms with Gasteiger partial charge in [0.1, 0.15) is 22.6 Å². The number of phenolic OH excluding ortho intramolecular Hbond substituents is 1. The first-order valence-corrected chi connectivity index (χ1v) is 9.16. The van der Waals surface area contributed by atoms with Crippen molar-refractivity contribution in [2.75, 3.05) is 0 Å². The fourth-order valence-electron chi connectivity index (χ4n) is 2.71. The standard InChI is InChI=1S/C22H17NO6S/c1-12(23-14-6-8-16(30)9-7-14)18-20(26)19(22(28)29-21(18)27)17(25)10-5-13-3-2-4-15(24)11-13/h2-11,24,26,28,30H,1H3. The van der Waals surface area contributed by atoms with Crippen LogP contribution in [-0.4, -0.2) is 26.8 Å². The molecule has 8 heteroatoms. The number of ketones is 1. The Morgan fingerprint density at radius 2 is 1.77 bits per heavy atom. The average Bonchev–Trinajstić information content (AvgIpc) is 2.68. The van der Waals surface area contributed by atoms with E-state index < -0.39 is 28.7 Å². The number of hydrogen-bond acceptors (Lipinski definition) is 8. The number of allylic oxidation sites excluding steroid dienone is 1. The lowest BCUT2D eigenvalue weighted by Crippen LogP contribution is -2.15. The molecule has 0 spiro atoms. The van der Waals surface area contributed by atoms with Crippen LogP contribution in [0, 0.1) is 0 Å². The van der Waals surface area contributed by atoms with Crippen molar-refractivity contribution in [3.8, 4) is 17.4 Å². The number of hydrogen-bond donors (Lipinski definition) is 4. The van der Waals surface area contributed by atoms with Gasteiger partial charge in [0.15, 0.2) is 5.78 Å². The van der Waals surface area contributed by atoms with Crippen molar-refractivity contribution >= 4 is 35.9 Å². The second-order valence-electron chi connectivity index (χ2n) is 6.30. The van der Waals surface area contributed by atoms with Crippen LogP contribution in [0.4, 0.5) is 5.69 Å². The molecule has 2 aromatic carbocycles. The van der Waals surface area contributed by atoms with E-state index in [4.69, 9.17) is 4.42 Å². The van der Waals surface area contributed by atoms with Gasteiger partial charge in [-0.3, -0.25) is 9.79 Å². The van der Waals surface area contributed by atoms with Gasteiger partial charge >= 0.3 is 5.63 Å². The predicted octanol–water partition coefficient (Wildman–Crippen LogP) is 4.08. The molecule has 0 bridgehead atoms. The lowest BCUT2D eigenvalue weighted by molar-refractivity contribution is 0.103. The van der Waals surface area contributed by atoms with Gasteiger partial charge in [-0.15, -0.1) is 12.6 Å². The molecule has 1 heterocycles. The molecule has 0 radical (unpaired) electrons. The Hall–Kier alpha value is -3.78. The number of carbonyl (C=O) groups excluding carboxylic acids is 1. The lowest BCUT2D eigenvalue weighted by atomic mass is 10.0. The third-order valence-corrected chi connectivity index (χ3v) is 4.43. The SMILES string of the molecule is CC(=Nc1ccc(S)cc1)c1c(O)c(C(=O)C=Cc2cccc(O)c2)c(O)oc1=O. The molecule has 3 N–H and O–H groups in total. The van der Waals surface area contributed by atoms with Crippen LogP contribution < -0.4 is 5.63 Å². The molecule has 3 aromatic rings. The smallest absolute Gasteiger partial charge is 0.351 e. The van der Waals surface area contributed by atoms with Crippen molar-refractivity contribution < 1.29 is 24.5 Å². The quantitative estimate of drug-likeness (QED) is 0.212. The lowest BCUT2D eigenvalue weighted by Gasteiger charge is -2.08. The zero-order chi connectivity index (χ0) is 21.8. The van der Waals surface area contributed by atoms with Crippen molar-refractivity contribution in [2.45, 2.75) is 11.8 Å². The summed E-state index contributed by atoms with van der Waals surface area (Å²) in [5, 5.41) is 30.0. The van der Waals surface area contributed by atoms with Gasteiger partial charge in [0.25, 0.3) is 5.95 Å². The monoisotopic (exact) mass is 423 g/mol. The molecule has 0 saturated carbocycles. The molecule has 0 amide bonds. The number of aromatic hydroxyl groups is 3. The van der Waals surface area contributed by atoms with Gasteiger partial charge in [0, 0.05) is 4.90 Å². The Morgan fingerprint density at radius 1 is 1.07 bits per heavy atom. The minimum Gasteiger partial charge on any atom is -0.508 e. The molecular formula is C22H17NO6S. The summed E-state index contributed by atoms with van der Waals surface area (Å²) in [6.45, 7) is 1.47. The number of aliphatic imine (C=N–C) groups is 1. The van der Waals surface area contributed by atoms with E-state index in [1.165, 1.54) is 25.1 Å². The summed E-state index contributed by atoms with van der Waals surface area (Å²) in [6, 6.07) is 12.9. The molecule has 30 heavy (non-hydrogen) atoms. The average molecular weight is 423 g/mol. The molecule has 0 aliphatic heterocycles. The number of rotatable bonds is 5. The maximum atomic E-state index is 12.5. The zero-order valence-electron chi connectivity index (χ0n) is 15.7. The Bertz CT molecular complexity index is 1230. The van der Waals surface area contributed by atoms with Crippen LogP contribution in [0.25, 0.3) is 6.08 Å². The second-order valence-corrected chi connectivity index (χ2v) is 6.82. The number of nitrogens with zero attached hydrogens (tertiary/aromatic N) is 1. The number of thiol groups is 1. The molecule has 1 aromatic heterocycles. The minimum atomic E-state index is -1.04. The van der Waals surface area contributed by atoms with E-state index in [1.807, 2.05) is 0 Å².